The van der Waals surface area contributed by atoms with Crippen LogP contribution in [0.4, 0.5) is 11.4 Å². The first-order valence-corrected chi connectivity index (χ1v) is 7.50. The van der Waals surface area contributed by atoms with Crippen LogP contribution in [0, 0.1) is 10.1 Å². The van der Waals surface area contributed by atoms with E-state index in [2.05, 4.69) is 5.32 Å². The molecule has 0 aliphatic carbocycles. The molecule has 24 heavy (non-hydrogen) atoms. The number of amides is 1. The zero-order valence-corrected chi connectivity index (χ0v) is 13.3. The second-order valence-electron chi connectivity index (χ2n) is 5.22. The standard InChI is InChI=1S/C16H13ClN2O5/c1-9-15(24-14-5-3-2-4-13(14)23-9)16(20)18-12-7-6-10(19(21)22)8-11(12)17/h2-9,15H,1H3,(H,18,20)/t9-,15-/m1/s1. The zero-order valence-electron chi connectivity index (χ0n) is 12.6. The number of non-ortho nitro benzene ring substituents is 1. The Labute approximate surface area is 142 Å². The van der Waals surface area contributed by atoms with Crippen molar-refractivity contribution in [1.82, 2.24) is 0 Å². The average Bonchev–Trinajstić information content (AvgIpc) is 2.55. The molecule has 124 valence electrons. The Morgan fingerprint density at radius 1 is 1.21 bits per heavy atom. The molecule has 0 radical (unpaired) electrons. The number of nitrogens with zero attached hydrogens (tertiary/aromatic N) is 1. The molecule has 1 aliphatic heterocycles. The van der Waals surface area contributed by atoms with Crippen LogP contribution in [0.15, 0.2) is 42.5 Å². The van der Waals surface area contributed by atoms with Crippen LogP contribution in [0.2, 0.25) is 5.02 Å². The Morgan fingerprint density at radius 3 is 2.50 bits per heavy atom. The van der Waals surface area contributed by atoms with E-state index < -0.39 is 23.0 Å². The Hall–Kier alpha value is -2.80. The van der Waals surface area contributed by atoms with Gasteiger partial charge in [-0.05, 0) is 25.1 Å². The van der Waals surface area contributed by atoms with Crippen LogP contribution in [0.3, 0.4) is 0 Å². The van der Waals surface area contributed by atoms with Gasteiger partial charge >= 0.3 is 0 Å². The van der Waals surface area contributed by atoms with Gasteiger partial charge in [-0.15, -0.1) is 0 Å². The topological polar surface area (TPSA) is 90.7 Å². The Morgan fingerprint density at radius 2 is 1.88 bits per heavy atom. The van der Waals surface area contributed by atoms with Crippen LogP contribution < -0.4 is 14.8 Å². The summed E-state index contributed by atoms with van der Waals surface area (Å²) in [6, 6.07) is 10.9. The van der Waals surface area contributed by atoms with E-state index in [-0.39, 0.29) is 16.4 Å². The number of rotatable bonds is 3. The summed E-state index contributed by atoms with van der Waals surface area (Å²) in [5.41, 5.74) is 0.111. The molecule has 2 atom stereocenters. The minimum absolute atomic E-state index is 0.0716. The number of benzene rings is 2. The molecule has 0 bridgehead atoms. The molecule has 1 amide bonds. The Balaban J connectivity index is 1.77. The van der Waals surface area contributed by atoms with Gasteiger partial charge in [0.2, 0.25) is 6.10 Å². The number of para-hydroxylation sites is 2. The highest BCUT2D eigenvalue weighted by Gasteiger charge is 2.34. The molecule has 2 aromatic rings. The van der Waals surface area contributed by atoms with Gasteiger partial charge in [-0.2, -0.15) is 0 Å². The van der Waals surface area contributed by atoms with Crippen LogP contribution in [0.5, 0.6) is 11.5 Å². The van der Waals surface area contributed by atoms with Crippen LogP contribution in [-0.2, 0) is 4.79 Å². The molecule has 3 rings (SSSR count). The predicted octanol–water partition coefficient (Wildman–Crippen LogP) is 3.42. The quantitative estimate of drug-likeness (QED) is 0.678. The maximum atomic E-state index is 12.5. The molecule has 1 heterocycles. The van der Waals surface area contributed by atoms with Crippen LogP contribution in [0.1, 0.15) is 6.92 Å². The third kappa shape index (κ3) is 3.11. The predicted molar refractivity (Wildman–Crippen MR) is 87.7 cm³/mol. The van der Waals surface area contributed by atoms with Gasteiger partial charge in [0, 0.05) is 12.1 Å². The fraction of sp³-hybridized carbons (Fsp3) is 0.188. The molecule has 0 fully saturated rings. The van der Waals surface area contributed by atoms with Crippen molar-refractivity contribution >= 4 is 28.9 Å². The van der Waals surface area contributed by atoms with Gasteiger partial charge in [0.05, 0.1) is 15.6 Å². The van der Waals surface area contributed by atoms with E-state index in [0.717, 1.165) is 0 Å². The minimum atomic E-state index is -0.869. The van der Waals surface area contributed by atoms with Crippen molar-refractivity contribution in [2.45, 2.75) is 19.1 Å². The second kappa shape index (κ2) is 6.37. The van der Waals surface area contributed by atoms with Gasteiger partial charge in [-0.3, -0.25) is 14.9 Å². The van der Waals surface area contributed by atoms with E-state index in [0.29, 0.717) is 11.5 Å². The summed E-state index contributed by atoms with van der Waals surface area (Å²) >= 11 is 5.98. The maximum absolute atomic E-state index is 12.5. The first-order valence-electron chi connectivity index (χ1n) is 7.13. The fourth-order valence-electron chi connectivity index (χ4n) is 2.33. The smallest absolute Gasteiger partial charge is 0.271 e. The number of nitro benzene ring substituents is 1. The molecule has 1 N–H and O–H groups in total. The maximum Gasteiger partial charge on any atom is 0.271 e. The fourth-order valence-corrected chi connectivity index (χ4v) is 2.55. The van der Waals surface area contributed by atoms with Crippen molar-refractivity contribution in [2.75, 3.05) is 5.32 Å². The summed E-state index contributed by atoms with van der Waals surface area (Å²) in [5.74, 6) is 0.598. The van der Waals surface area contributed by atoms with Crippen molar-refractivity contribution in [3.63, 3.8) is 0 Å². The van der Waals surface area contributed by atoms with Gasteiger partial charge in [-0.1, -0.05) is 23.7 Å². The summed E-state index contributed by atoms with van der Waals surface area (Å²) in [7, 11) is 0. The lowest BCUT2D eigenvalue weighted by molar-refractivity contribution is -0.384. The number of hydrogen-bond acceptors (Lipinski definition) is 5. The van der Waals surface area contributed by atoms with Crippen molar-refractivity contribution in [2.24, 2.45) is 0 Å². The molecule has 0 saturated heterocycles. The summed E-state index contributed by atoms with van der Waals surface area (Å²) in [6.07, 6.45) is -1.37. The molecule has 0 spiro atoms. The molecule has 0 aromatic heterocycles. The number of carbonyl (C=O) groups excluding carboxylic acids is 1. The third-order valence-electron chi connectivity index (χ3n) is 3.52. The lowest BCUT2D eigenvalue weighted by Crippen LogP contribution is -2.46. The van der Waals surface area contributed by atoms with Crippen molar-refractivity contribution in [3.8, 4) is 11.5 Å². The minimum Gasteiger partial charge on any atom is -0.482 e. The molecule has 7 nitrogen and oxygen atoms in total. The number of fused-ring (bicyclic) bond motifs is 1. The lowest BCUT2D eigenvalue weighted by atomic mass is 10.1. The van der Waals surface area contributed by atoms with Crippen molar-refractivity contribution < 1.29 is 19.2 Å². The molecule has 0 unspecified atom stereocenters. The van der Waals surface area contributed by atoms with Gasteiger partial charge in [-0.25, -0.2) is 0 Å². The van der Waals surface area contributed by atoms with Crippen LogP contribution >= 0.6 is 11.6 Å². The molecular weight excluding hydrogens is 336 g/mol. The van der Waals surface area contributed by atoms with E-state index in [1.807, 2.05) is 6.07 Å². The number of carbonyl (C=O) groups is 1. The Bertz CT molecular complexity index is 811. The first-order chi connectivity index (χ1) is 11.5. The number of halogens is 1. The van der Waals surface area contributed by atoms with Crippen LogP contribution in [0.25, 0.3) is 0 Å². The molecule has 1 aliphatic rings. The molecule has 2 aromatic carbocycles. The van der Waals surface area contributed by atoms with Crippen molar-refractivity contribution in [3.05, 3.63) is 57.6 Å². The summed E-state index contributed by atoms with van der Waals surface area (Å²) < 4.78 is 11.4. The molecule has 0 saturated carbocycles. The summed E-state index contributed by atoms with van der Waals surface area (Å²) in [6.45, 7) is 1.72. The number of nitrogens with one attached hydrogen (secondary N) is 1. The highest BCUT2D eigenvalue weighted by molar-refractivity contribution is 6.34. The number of nitro groups is 1. The van der Waals surface area contributed by atoms with Crippen molar-refractivity contribution in [1.29, 1.82) is 0 Å². The van der Waals surface area contributed by atoms with Gasteiger partial charge in [0.25, 0.3) is 11.6 Å². The van der Waals surface area contributed by atoms with E-state index in [1.165, 1.54) is 18.2 Å². The number of anilines is 1. The average molecular weight is 349 g/mol. The normalized spacial score (nSPS) is 18.8. The van der Waals surface area contributed by atoms with E-state index in [9.17, 15) is 14.9 Å². The molecule has 8 heteroatoms. The van der Waals surface area contributed by atoms with Gasteiger partial charge in [0.15, 0.2) is 11.5 Å². The summed E-state index contributed by atoms with van der Waals surface area (Å²) in [4.78, 5) is 22.6. The van der Waals surface area contributed by atoms with E-state index in [1.54, 1.807) is 25.1 Å². The Kier molecular flexibility index (Phi) is 4.26. The summed E-state index contributed by atoms with van der Waals surface area (Å²) in [5, 5.41) is 13.4. The SMILES string of the molecule is C[C@H]1Oc2ccccc2O[C@H]1C(=O)Nc1ccc([N+](=O)[O-])cc1Cl. The monoisotopic (exact) mass is 348 g/mol. The number of hydrogen-bond donors (Lipinski definition) is 1. The zero-order chi connectivity index (χ0) is 17.3. The third-order valence-corrected chi connectivity index (χ3v) is 3.83. The second-order valence-corrected chi connectivity index (χ2v) is 5.63. The van der Waals surface area contributed by atoms with E-state index in [4.69, 9.17) is 21.1 Å². The van der Waals surface area contributed by atoms with Crippen LogP contribution in [-0.4, -0.2) is 23.0 Å². The van der Waals surface area contributed by atoms with Gasteiger partial charge in [0.1, 0.15) is 6.10 Å². The molecular formula is C16H13ClN2O5. The highest BCUT2D eigenvalue weighted by atomic mass is 35.5. The van der Waals surface area contributed by atoms with E-state index >= 15 is 0 Å². The van der Waals surface area contributed by atoms with Gasteiger partial charge < -0.3 is 14.8 Å². The lowest BCUT2D eigenvalue weighted by Gasteiger charge is -2.31. The number of ether oxygens (including phenoxy) is 2. The highest BCUT2D eigenvalue weighted by Crippen LogP contribution is 2.34. The largest absolute Gasteiger partial charge is 0.482 e. The first kappa shape index (κ1) is 16.1.